The summed E-state index contributed by atoms with van der Waals surface area (Å²) in [6.45, 7) is 9.10. The molecule has 1 rings (SSSR count). The molecule has 120 valence electrons. The van der Waals surface area contributed by atoms with Crippen molar-refractivity contribution in [2.75, 3.05) is 14.2 Å². The van der Waals surface area contributed by atoms with Gasteiger partial charge in [-0.3, -0.25) is 0 Å². The fraction of sp³-hybridized carbons (Fsp3) is 0.684. The molecule has 0 atom stereocenters. The molecule has 0 aromatic heterocycles. The van der Waals surface area contributed by atoms with Crippen molar-refractivity contribution in [2.45, 2.75) is 59.8 Å². The fourth-order valence-corrected chi connectivity index (χ4v) is 2.70. The largest absolute Gasteiger partial charge is 0.496 e. The highest BCUT2D eigenvalue weighted by Gasteiger charge is 2.15. The van der Waals surface area contributed by atoms with Crippen LogP contribution in [0.4, 0.5) is 0 Å². The Labute approximate surface area is 130 Å². The number of benzene rings is 1. The van der Waals surface area contributed by atoms with Gasteiger partial charge in [-0.1, -0.05) is 34.1 Å². The van der Waals surface area contributed by atoms with Gasteiger partial charge in [0, 0.05) is 11.1 Å². The van der Waals surface area contributed by atoms with E-state index in [1.807, 2.05) is 12.1 Å². The fourth-order valence-electron chi connectivity index (χ4n) is 2.70. The Morgan fingerprint density at radius 1 is 0.762 bits per heavy atom. The highest BCUT2D eigenvalue weighted by molar-refractivity contribution is 5.49. The van der Waals surface area contributed by atoms with Gasteiger partial charge in [0.2, 0.25) is 0 Å². The van der Waals surface area contributed by atoms with Crippen LogP contribution in [0.2, 0.25) is 0 Å². The summed E-state index contributed by atoms with van der Waals surface area (Å²) < 4.78 is 11.2. The van der Waals surface area contributed by atoms with E-state index in [0.29, 0.717) is 5.92 Å². The lowest BCUT2D eigenvalue weighted by molar-refractivity contribution is 0.391. The van der Waals surface area contributed by atoms with Crippen molar-refractivity contribution in [3.05, 3.63) is 23.3 Å². The molecule has 0 unspecified atom stereocenters. The molecule has 0 saturated carbocycles. The van der Waals surface area contributed by atoms with Crippen LogP contribution in [0.5, 0.6) is 11.5 Å². The molecule has 0 aliphatic carbocycles. The van der Waals surface area contributed by atoms with Gasteiger partial charge in [0.05, 0.1) is 14.2 Å². The Balaban J connectivity index is 3.01. The molecule has 0 amide bonds. The van der Waals surface area contributed by atoms with Crippen molar-refractivity contribution >= 4 is 0 Å². The predicted octanol–water partition coefficient (Wildman–Crippen LogP) is 5.27. The molecule has 0 aliphatic rings. The molecule has 0 aliphatic heterocycles. The van der Waals surface area contributed by atoms with Crippen LogP contribution in [-0.4, -0.2) is 14.2 Å². The third-order valence-corrected chi connectivity index (χ3v) is 3.96. The van der Waals surface area contributed by atoms with E-state index in [1.54, 1.807) is 14.2 Å². The average Bonchev–Trinajstić information content (AvgIpc) is 2.44. The smallest absolute Gasteiger partial charge is 0.122 e. The highest BCUT2D eigenvalue weighted by Crippen LogP contribution is 2.33. The lowest BCUT2D eigenvalue weighted by Gasteiger charge is -2.18. The molecule has 0 radical (unpaired) electrons. The minimum absolute atomic E-state index is 0.699. The molecule has 1 aromatic rings. The maximum Gasteiger partial charge on any atom is 0.122 e. The number of rotatable bonds is 9. The van der Waals surface area contributed by atoms with Crippen LogP contribution in [-0.2, 0) is 12.8 Å². The summed E-state index contributed by atoms with van der Waals surface area (Å²) >= 11 is 0. The van der Waals surface area contributed by atoms with Crippen LogP contribution < -0.4 is 9.47 Å². The van der Waals surface area contributed by atoms with Crippen molar-refractivity contribution in [1.82, 2.24) is 0 Å². The topological polar surface area (TPSA) is 18.5 Å². The zero-order valence-electron chi connectivity index (χ0n) is 14.7. The molecule has 1 aromatic carbocycles. The molecule has 0 bridgehead atoms. The lowest BCUT2D eigenvalue weighted by atomic mass is 9.93. The lowest BCUT2D eigenvalue weighted by Crippen LogP contribution is -2.04. The normalized spacial score (nSPS) is 11.2. The Hall–Kier alpha value is -1.18. The summed E-state index contributed by atoms with van der Waals surface area (Å²) in [6, 6.07) is 4.09. The van der Waals surface area contributed by atoms with E-state index < -0.39 is 0 Å². The second kappa shape index (κ2) is 8.96. The summed E-state index contributed by atoms with van der Waals surface area (Å²) in [6.07, 6.45) is 5.78. The number of hydrogen-bond donors (Lipinski definition) is 0. The van der Waals surface area contributed by atoms with Gasteiger partial charge in [0.25, 0.3) is 0 Å². The van der Waals surface area contributed by atoms with Crippen LogP contribution in [0.3, 0.4) is 0 Å². The van der Waals surface area contributed by atoms with Crippen LogP contribution >= 0.6 is 0 Å². The van der Waals surface area contributed by atoms with Crippen molar-refractivity contribution in [3.8, 4) is 11.5 Å². The number of hydrogen-bond acceptors (Lipinski definition) is 2. The maximum atomic E-state index is 5.59. The predicted molar refractivity (Wildman–Crippen MR) is 90.5 cm³/mol. The van der Waals surface area contributed by atoms with Crippen LogP contribution in [0.15, 0.2) is 12.1 Å². The van der Waals surface area contributed by atoms with E-state index in [9.17, 15) is 0 Å². The van der Waals surface area contributed by atoms with Gasteiger partial charge < -0.3 is 9.47 Å². The number of methoxy groups -OCH3 is 2. The highest BCUT2D eigenvalue weighted by atomic mass is 16.5. The first-order valence-electron chi connectivity index (χ1n) is 8.22. The molecular formula is C19H32O2. The molecule has 2 heteroatoms. The Morgan fingerprint density at radius 3 is 1.67 bits per heavy atom. The van der Waals surface area contributed by atoms with Gasteiger partial charge >= 0.3 is 0 Å². The van der Waals surface area contributed by atoms with Gasteiger partial charge in [-0.2, -0.15) is 0 Å². The maximum absolute atomic E-state index is 5.59. The second-order valence-electron chi connectivity index (χ2n) is 6.65. The minimum Gasteiger partial charge on any atom is -0.496 e. The summed E-state index contributed by atoms with van der Waals surface area (Å²) in [4.78, 5) is 0. The van der Waals surface area contributed by atoms with Gasteiger partial charge in [0.15, 0.2) is 0 Å². The molecule has 2 nitrogen and oxygen atoms in total. The van der Waals surface area contributed by atoms with E-state index in [1.165, 1.54) is 30.4 Å². The average molecular weight is 292 g/mol. The van der Waals surface area contributed by atoms with Gasteiger partial charge in [0.1, 0.15) is 11.5 Å². The summed E-state index contributed by atoms with van der Waals surface area (Å²) in [5.74, 6) is 3.47. The standard InChI is InChI=1S/C19H32O2/c1-14(2)8-7-9-16-17(11-10-15(3)4)19(21-6)13-12-18(16)20-5/h12-15H,7-11H2,1-6H3. The van der Waals surface area contributed by atoms with E-state index in [4.69, 9.17) is 9.47 Å². The first-order chi connectivity index (χ1) is 9.99. The van der Waals surface area contributed by atoms with Gasteiger partial charge in [-0.15, -0.1) is 0 Å². The summed E-state index contributed by atoms with van der Waals surface area (Å²) in [5, 5.41) is 0. The summed E-state index contributed by atoms with van der Waals surface area (Å²) in [7, 11) is 3.53. The van der Waals surface area contributed by atoms with Crippen LogP contribution in [0.1, 0.15) is 58.1 Å². The SMILES string of the molecule is COc1ccc(OC)c(CCC(C)C)c1CCCC(C)C. The molecule has 0 heterocycles. The Kier molecular flexibility index (Phi) is 7.63. The monoisotopic (exact) mass is 292 g/mol. The van der Waals surface area contributed by atoms with E-state index in [2.05, 4.69) is 27.7 Å². The molecule has 21 heavy (non-hydrogen) atoms. The Bertz CT molecular complexity index is 422. The quantitative estimate of drug-likeness (QED) is 0.617. The number of ether oxygens (including phenoxy) is 2. The van der Waals surface area contributed by atoms with Crippen molar-refractivity contribution in [1.29, 1.82) is 0 Å². The van der Waals surface area contributed by atoms with E-state index >= 15 is 0 Å². The van der Waals surface area contributed by atoms with Crippen molar-refractivity contribution in [3.63, 3.8) is 0 Å². The van der Waals surface area contributed by atoms with E-state index in [0.717, 1.165) is 30.3 Å². The molecular weight excluding hydrogens is 260 g/mol. The first kappa shape index (κ1) is 17.9. The van der Waals surface area contributed by atoms with Crippen molar-refractivity contribution in [2.24, 2.45) is 11.8 Å². The molecule has 0 N–H and O–H groups in total. The molecule has 0 fully saturated rings. The van der Waals surface area contributed by atoms with Gasteiger partial charge in [-0.05, 0) is 49.7 Å². The zero-order valence-corrected chi connectivity index (χ0v) is 14.7. The minimum atomic E-state index is 0.699. The molecule has 0 saturated heterocycles. The summed E-state index contributed by atoms with van der Waals surface area (Å²) in [5.41, 5.74) is 2.69. The zero-order chi connectivity index (χ0) is 15.8. The first-order valence-corrected chi connectivity index (χ1v) is 8.22. The second-order valence-corrected chi connectivity index (χ2v) is 6.65. The Morgan fingerprint density at radius 2 is 1.24 bits per heavy atom. The molecule has 0 spiro atoms. The van der Waals surface area contributed by atoms with Crippen molar-refractivity contribution < 1.29 is 9.47 Å². The van der Waals surface area contributed by atoms with Crippen LogP contribution in [0, 0.1) is 11.8 Å². The third-order valence-electron chi connectivity index (χ3n) is 3.96. The third kappa shape index (κ3) is 5.61. The van der Waals surface area contributed by atoms with Crippen LogP contribution in [0.25, 0.3) is 0 Å². The van der Waals surface area contributed by atoms with Gasteiger partial charge in [-0.25, -0.2) is 0 Å². The van der Waals surface area contributed by atoms with E-state index in [-0.39, 0.29) is 0 Å².